The first-order chi connectivity index (χ1) is 9.59. The molecule has 20 heavy (non-hydrogen) atoms. The second-order valence-electron chi connectivity index (χ2n) is 6.13. The van der Waals surface area contributed by atoms with Crippen LogP contribution in [0.2, 0.25) is 0 Å². The van der Waals surface area contributed by atoms with Crippen LogP contribution in [0.1, 0.15) is 35.6 Å². The Kier molecular flexibility index (Phi) is 4.07. The quantitative estimate of drug-likeness (QED) is 0.888. The number of nitrogens with zero attached hydrogens (tertiary/aromatic N) is 1. The monoisotopic (exact) mass is 338 g/mol. The zero-order valence-corrected chi connectivity index (χ0v) is 13.8. The van der Waals surface area contributed by atoms with Crippen molar-refractivity contribution in [3.8, 4) is 5.75 Å². The van der Waals surface area contributed by atoms with Crippen LogP contribution in [0.4, 0.5) is 0 Å². The van der Waals surface area contributed by atoms with Gasteiger partial charge in [0.1, 0.15) is 5.75 Å². The topological polar surface area (TPSA) is 35.5 Å². The molecular weight excluding hydrogens is 316 g/mol. The second kappa shape index (κ2) is 5.66. The summed E-state index contributed by atoms with van der Waals surface area (Å²) in [7, 11) is 0. The Labute approximate surface area is 129 Å². The third kappa shape index (κ3) is 2.61. The van der Waals surface area contributed by atoms with Crippen LogP contribution >= 0.6 is 15.9 Å². The number of halogens is 1. The molecule has 1 aliphatic heterocycles. The summed E-state index contributed by atoms with van der Waals surface area (Å²) in [5.41, 5.74) is 3.46. The van der Waals surface area contributed by atoms with Gasteiger partial charge in [0.25, 0.3) is 0 Å². The van der Waals surface area contributed by atoms with Gasteiger partial charge in [0.2, 0.25) is 0 Å². The first-order valence-electron chi connectivity index (χ1n) is 7.53. The molecule has 0 amide bonds. The smallest absolute Gasteiger partial charge is 0.120 e. The van der Waals surface area contributed by atoms with E-state index in [4.69, 9.17) is 0 Å². The Bertz CT molecular complexity index is 508. The molecule has 4 heteroatoms. The molecule has 0 spiro atoms. The highest BCUT2D eigenvalue weighted by Crippen LogP contribution is 2.49. The summed E-state index contributed by atoms with van der Waals surface area (Å²) in [6.45, 7) is 8.42. The number of rotatable bonds is 3. The van der Waals surface area contributed by atoms with Gasteiger partial charge in [0.15, 0.2) is 0 Å². The molecule has 2 fully saturated rings. The molecule has 2 aliphatic rings. The van der Waals surface area contributed by atoms with E-state index in [0.29, 0.717) is 17.7 Å². The fraction of sp³-hybridized carbons (Fsp3) is 0.625. The van der Waals surface area contributed by atoms with Gasteiger partial charge in [-0.05, 0) is 49.8 Å². The van der Waals surface area contributed by atoms with E-state index in [1.54, 1.807) is 0 Å². The van der Waals surface area contributed by atoms with E-state index < -0.39 is 0 Å². The minimum Gasteiger partial charge on any atom is -0.508 e. The normalized spacial score (nSPS) is 21.9. The van der Waals surface area contributed by atoms with E-state index in [-0.39, 0.29) is 0 Å². The van der Waals surface area contributed by atoms with Crippen molar-refractivity contribution in [2.75, 3.05) is 26.2 Å². The Balaban J connectivity index is 2.01. The lowest BCUT2D eigenvalue weighted by Gasteiger charge is -2.36. The minimum absolute atomic E-state index is 0.383. The highest BCUT2D eigenvalue weighted by Gasteiger charge is 2.39. The Morgan fingerprint density at radius 2 is 1.95 bits per heavy atom. The maximum atomic E-state index is 10.5. The van der Waals surface area contributed by atoms with E-state index in [1.807, 2.05) is 13.0 Å². The molecule has 1 saturated carbocycles. The number of aromatic hydroxyl groups is 1. The van der Waals surface area contributed by atoms with E-state index in [0.717, 1.165) is 41.8 Å². The fourth-order valence-corrected chi connectivity index (χ4v) is 3.74. The zero-order chi connectivity index (χ0) is 14.3. The van der Waals surface area contributed by atoms with Crippen molar-refractivity contribution in [3.05, 3.63) is 27.2 Å². The molecule has 1 aliphatic carbocycles. The second-order valence-corrected chi connectivity index (χ2v) is 6.93. The zero-order valence-electron chi connectivity index (χ0n) is 12.2. The standard InChI is InChI=1S/C16H23BrN2O/c1-10-9-13(20)14(11(2)15(10)17)16(12-3-4-12)19-7-5-18-6-8-19/h9,12,16,18,20H,3-8H2,1-2H3/t16-/m1/s1. The van der Waals surface area contributed by atoms with Crippen molar-refractivity contribution < 1.29 is 5.11 Å². The lowest BCUT2D eigenvalue weighted by atomic mass is 9.93. The van der Waals surface area contributed by atoms with Crippen LogP contribution in [-0.2, 0) is 0 Å². The average Bonchev–Trinajstić information content (AvgIpc) is 3.26. The van der Waals surface area contributed by atoms with E-state index in [2.05, 4.69) is 33.1 Å². The lowest BCUT2D eigenvalue weighted by Crippen LogP contribution is -2.45. The molecule has 0 radical (unpaired) electrons. The van der Waals surface area contributed by atoms with Crippen LogP contribution in [0.25, 0.3) is 0 Å². The van der Waals surface area contributed by atoms with Crippen molar-refractivity contribution in [3.63, 3.8) is 0 Å². The first kappa shape index (κ1) is 14.4. The number of piperazine rings is 1. The summed E-state index contributed by atoms with van der Waals surface area (Å²) < 4.78 is 1.14. The summed E-state index contributed by atoms with van der Waals surface area (Å²) >= 11 is 3.68. The molecule has 3 nitrogen and oxygen atoms in total. The Morgan fingerprint density at radius 3 is 2.55 bits per heavy atom. The summed E-state index contributed by atoms with van der Waals surface area (Å²) in [5, 5.41) is 13.9. The van der Waals surface area contributed by atoms with Crippen molar-refractivity contribution in [1.82, 2.24) is 10.2 Å². The minimum atomic E-state index is 0.383. The molecule has 0 unspecified atom stereocenters. The SMILES string of the molecule is Cc1cc(O)c([C@@H](C2CC2)N2CCNCC2)c(C)c1Br. The summed E-state index contributed by atoms with van der Waals surface area (Å²) in [5.74, 6) is 1.19. The van der Waals surface area contributed by atoms with Crippen molar-refractivity contribution in [1.29, 1.82) is 0 Å². The molecular formula is C16H23BrN2O. The van der Waals surface area contributed by atoms with Gasteiger partial charge in [-0.25, -0.2) is 0 Å². The third-order valence-corrected chi connectivity index (χ3v) is 5.84. The van der Waals surface area contributed by atoms with Gasteiger partial charge in [-0.2, -0.15) is 0 Å². The summed E-state index contributed by atoms with van der Waals surface area (Å²) in [6.07, 6.45) is 2.58. The number of aryl methyl sites for hydroxylation is 1. The third-order valence-electron chi connectivity index (χ3n) is 4.62. The van der Waals surface area contributed by atoms with Crippen LogP contribution in [0.5, 0.6) is 5.75 Å². The highest BCUT2D eigenvalue weighted by molar-refractivity contribution is 9.10. The molecule has 1 atom stereocenters. The van der Waals surface area contributed by atoms with E-state index in [1.165, 1.54) is 18.4 Å². The van der Waals surface area contributed by atoms with Crippen molar-refractivity contribution in [2.45, 2.75) is 32.7 Å². The number of hydrogen-bond acceptors (Lipinski definition) is 3. The molecule has 1 saturated heterocycles. The fourth-order valence-electron chi connectivity index (χ4n) is 3.41. The Morgan fingerprint density at radius 1 is 1.30 bits per heavy atom. The molecule has 1 aromatic carbocycles. The van der Waals surface area contributed by atoms with Crippen molar-refractivity contribution in [2.24, 2.45) is 5.92 Å². The van der Waals surface area contributed by atoms with Crippen LogP contribution in [0.15, 0.2) is 10.5 Å². The van der Waals surface area contributed by atoms with Gasteiger partial charge >= 0.3 is 0 Å². The van der Waals surface area contributed by atoms with Gasteiger partial charge in [-0.1, -0.05) is 15.9 Å². The van der Waals surface area contributed by atoms with Gasteiger partial charge < -0.3 is 10.4 Å². The number of hydrogen-bond donors (Lipinski definition) is 2. The maximum Gasteiger partial charge on any atom is 0.120 e. The number of benzene rings is 1. The first-order valence-corrected chi connectivity index (χ1v) is 8.32. The lowest BCUT2D eigenvalue weighted by molar-refractivity contribution is 0.153. The predicted octanol–water partition coefficient (Wildman–Crippen LogP) is 3.13. The predicted molar refractivity (Wildman–Crippen MR) is 85.2 cm³/mol. The number of phenolic OH excluding ortho intramolecular Hbond substituents is 1. The molecule has 1 heterocycles. The largest absolute Gasteiger partial charge is 0.508 e. The van der Waals surface area contributed by atoms with E-state index >= 15 is 0 Å². The molecule has 110 valence electrons. The molecule has 0 bridgehead atoms. The van der Waals surface area contributed by atoms with Crippen LogP contribution in [0.3, 0.4) is 0 Å². The van der Waals surface area contributed by atoms with Gasteiger partial charge in [0, 0.05) is 42.3 Å². The number of phenols is 1. The highest BCUT2D eigenvalue weighted by atomic mass is 79.9. The van der Waals surface area contributed by atoms with Gasteiger partial charge in [-0.3, -0.25) is 4.90 Å². The maximum absolute atomic E-state index is 10.5. The molecule has 1 aromatic rings. The summed E-state index contributed by atoms with van der Waals surface area (Å²) in [4.78, 5) is 2.55. The number of nitrogens with one attached hydrogen (secondary N) is 1. The molecule has 0 aromatic heterocycles. The van der Waals surface area contributed by atoms with Gasteiger partial charge in [-0.15, -0.1) is 0 Å². The van der Waals surface area contributed by atoms with Crippen LogP contribution < -0.4 is 5.32 Å². The Hall–Kier alpha value is -0.580. The van der Waals surface area contributed by atoms with Crippen LogP contribution in [-0.4, -0.2) is 36.2 Å². The molecule has 3 rings (SSSR count). The van der Waals surface area contributed by atoms with Gasteiger partial charge in [0.05, 0.1) is 0 Å². The molecule has 2 N–H and O–H groups in total. The van der Waals surface area contributed by atoms with Crippen molar-refractivity contribution >= 4 is 15.9 Å². The van der Waals surface area contributed by atoms with E-state index in [9.17, 15) is 5.11 Å². The van der Waals surface area contributed by atoms with Crippen LogP contribution in [0, 0.1) is 19.8 Å². The average molecular weight is 339 g/mol. The summed E-state index contributed by atoms with van der Waals surface area (Å²) in [6, 6.07) is 2.29.